The van der Waals surface area contributed by atoms with Crippen LogP contribution >= 0.6 is 11.3 Å². The molecule has 11 heteroatoms. The summed E-state index contributed by atoms with van der Waals surface area (Å²) in [6.07, 6.45) is 1.29. The predicted octanol–water partition coefficient (Wildman–Crippen LogP) is 1.20. The summed E-state index contributed by atoms with van der Waals surface area (Å²) in [7, 11) is 3.41. The molecule has 1 aromatic carbocycles. The van der Waals surface area contributed by atoms with E-state index in [0.29, 0.717) is 21.3 Å². The standard InChI is InChI=1S/C19H20FN7O2S/c1-26-8-22-16(23-18(26)29)9-3-4-11(13(28)6-9)17-24-25-19(30-17)27(2)15-10-5-12(14(15)20)21-7-10/h3-4,6,8,10,12,14-15,21,28H,5,7H2,1-2H3/t10?,12?,14-,15+/m0/s1. The molecule has 2 aromatic heterocycles. The zero-order valence-corrected chi connectivity index (χ0v) is 17.2. The van der Waals surface area contributed by atoms with Crippen LogP contribution in [0.25, 0.3) is 22.0 Å². The summed E-state index contributed by atoms with van der Waals surface area (Å²) in [4.78, 5) is 21.6. The highest BCUT2D eigenvalue weighted by Gasteiger charge is 2.50. The molecule has 2 bridgehead atoms. The molecule has 30 heavy (non-hydrogen) atoms. The fourth-order valence-corrected chi connectivity index (χ4v) is 5.18. The van der Waals surface area contributed by atoms with Crippen molar-refractivity contribution in [3.05, 3.63) is 35.0 Å². The Balaban J connectivity index is 1.41. The third kappa shape index (κ3) is 3.05. The number of aromatic nitrogens is 5. The van der Waals surface area contributed by atoms with Crippen LogP contribution in [-0.4, -0.2) is 61.7 Å². The lowest BCUT2D eigenvalue weighted by molar-refractivity contribution is 0.220. The van der Waals surface area contributed by atoms with Crippen molar-refractivity contribution in [2.75, 3.05) is 18.5 Å². The SMILES string of the molecule is CN(c1nnc(-c2ccc(-c3ncn(C)c(=O)n3)cc2O)s1)[C@@H]1C2CNC(C2)[C@@H]1F. The molecule has 9 nitrogen and oxygen atoms in total. The number of fused-ring (bicyclic) bond motifs is 2. The number of anilines is 1. The molecular weight excluding hydrogens is 409 g/mol. The Bertz CT molecular complexity index is 1160. The Labute approximate surface area is 175 Å². The van der Waals surface area contributed by atoms with E-state index in [-0.39, 0.29) is 29.6 Å². The van der Waals surface area contributed by atoms with Crippen LogP contribution in [0.2, 0.25) is 0 Å². The minimum Gasteiger partial charge on any atom is -0.507 e. The first-order valence-electron chi connectivity index (χ1n) is 9.59. The van der Waals surface area contributed by atoms with E-state index in [1.807, 2.05) is 11.9 Å². The number of phenolic OH excluding ortho intramolecular Hbond substituents is 1. The number of benzene rings is 1. The summed E-state index contributed by atoms with van der Waals surface area (Å²) in [5.74, 6) is 0.472. The van der Waals surface area contributed by atoms with Crippen LogP contribution in [-0.2, 0) is 7.05 Å². The van der Waals surface area contributed by atoms with Gasteiger partial charge in [0, 0.05) is 32.2 Å². The maximum atomic E-state index is 14.6. The summed E-state index contributed by atoms with van der Waals surface area (Å²) in [5.41, 5.74) is 0.596. The summed E-state index contributed by atoms with van der Waals surface area (Å²) in [6, 6.07) is 4.60. The first kappa shape index (κ1) is 19.1. The van der Waals surface area contributed by atoms with Crippen molar-refractivity contribution in [3.63, 3.8) is 0 Å². The van der Waals surface area contributed by atoms with Crippen LogP contribution in [0, 0.1) is 5.92 Å². The van der Waals surface area contributed by atoms with Gasteiger partial charge in [0.15, 0.2) is 10.8 Å². The summed E-state index contributed by atoms with van der Waals surface area (Å²) < 4.78 is 15.9. The minimum atomic E-state index is -0.938. The van der Waals surface area contributed by atoms with Crippen LogP contribution in [0.5, 0.6) is 5.75 Å². The molecule has 3 aromatic rings. The molecule has 2 fully saturated rings. The van der Waals surface area contributed by atoms with Crippen LogP contribution in [0.15, 0.2) is 29.3 Å². The molecule has 0 radical (unpaired) electrons. The third-order valence-electron chi connectivity index (χ3n) is 5.90. The molecule has 5 rings (SSSR count). The van der Waals surface area contributed by atoms with E-state index in [0.717, 1.165) is 13.0 Å². The van der Waals surface area contributed by atoms with Crippen LogP contribution in [0.3, 0.4) is 0 Å². The molecule has 1 saturated carbocycles. The summed E-state index contributed by atoms with van der Waals surface area (Å²) >= 11 is 1.30. The van der Waals surface area contributed by atoms with Crippen molar-refractivity contribution in [1.82, 2.24) is 30.0 Å². The number of piperidine rings is 1. The number of aromatic hydroxyl groups is 1. The Kier molecular flexibility index (Phi) is 4.51. The fourth-order valence-electron chi connectivity index (χ4n) is 4.30. The second-order valence-corrected chi connectivity index (χ2v) is 8.71. The van der Waals surface area contributed by atoms with Gasteiger partial charge in [-0.1, -0.05) is 17.4 Å². The van der Waals surface area contributed by atoms with E-state index in [4.69, 9.17) is 0 Å². The van der Waals surface area contributed by atoms with Crippen molar-refractivity contribution < 1.29 is 9.50 Å². The van der Waals surface area contributed by atoms with Gasteiger partial charge in [-0.05, 0) is 24.5 Å². The van der Waals surface area contributed by atoms with Gasteiger partial charge in [-0.25, -0.2) is 14.2 Å². The van der Waals surface area contributed by atoms with Gasteiger partial charge in [0.05, 0.1) is 11.6 Å². The van der Waals surface area contributed by atoms with Crippen LogP contribution < -0.4 is 15.9 Å². The quantitative estimate of drug-likeness (QED) is 0.637. The molecule has 4 atom stereocenters. The maximum absolute atomic E-state index is 14.6. The maximum Gasteiger partial charge on any atom is 0.350 e. The van der Waals surface area contributed by atoms with E-state index in [1.54, 1.807) is 19.2 Å². The molecule has 0 spiro atoms. The first-order chi connectivity index (χ1) is 14.4. The number of nitrogens with one attached hydrogen (secondary N) is 1. The number of nitrogens with zero attached hydrogens (tertiary/aromatic N) is 6. The van der Waals surface area contributed by atoms with Gasteiger partial charge in [0.25, 0.3) is 0 Å². The van der Waals surface area contributed by atoms with Crippen molar-refractivity contribution in [2.45, 2.75) is 24.7 Å². The Morgan fingerprint density at radius 2 is 2.20 bits per heavy atom. The van der Waals surface area contributed by atoms with Crippen molar-refractivity contribution in [2.24, 2.45) is 13.0 Å². The van der Waals surface area contributed by atoms with Gasteiger partial charge in [-0.15, -0.1) is 10.2 Å². The van der Waals surface area contributed by atoms with Crippen LogP contribution in [0.1, 0.15) is 6.42 Å². The molecular formula is C19H20FN7O2S. The molecule has 1 aliphatic carbocycles. The van der Waals surface area contributed by atoms with E-state index < -0.39 is 11.9 Å². The fraction of sp³-hybridized carbons (Fsp3) is 0.421. The molecule has 2 aliphatic rings. The van der Waals surface area contributed by atoms with Crippen LogP contribution in [0.4, 0.5) is 9.52 Å². The number of halogens is 1. The zero-order chi connectivity index (χ0) is 21.0. The largest absolute Gasteiger partial charge is 0.507 e. The highest BCUT2D eigenvalue weighted by Crippen LogP contribution is 2.41. The lowest BCUT2D eigenvalue weighted by atomic mass is 10.0. The Hall–Kier alpha value is -2.92. The van der Waals surface area contributed by atoms with Gasteiger partial charge in [0.1, 0.15) is 18.2 Å². The number of phenols is 1. The lowest BCUT2D eigenvalue weighted by Gasteiger charge is -2.33. The number of aryl methyl sites for hydroxylation is 1. The molecule has 1 saturated heterocycles. The average Bonchev–Trinajstić information content (AvgIpc) is 3.46. The first-order valence-corrected chi connectivity index (χ1v) is 10.4. The normalized spacial score (nSPS) is 25.0. The number of rotatable bonds is 4. The van der Waals surface area contributed by atoms with Crippen molar-refractivity contribution >= 4 is 16.5 Å². The predicted molar refractivity (Wildman–Crippen MR) is 110 cm³/mol. The van der Waals surface area contributed by atoms with Crippen molar-refractivity contribution in [3.8, 4) is 27.7 Å². The third-order valence-corrected chi connectivity index (χ3v) is 6.95. The monoisotopic (exact) mass is 429 g/mol. The second-order valence-electron chi connectivity index (χ2n) is 7.75. The molecule has 0 amide bonds. The molecule has 3 heterocycles. The Morgan fingerprint density at radius 1 is 1.37 bits per heavy atom. The topological polar surface area (TPSA) is 109 Å². The van der Waals surface area contributed by atoms with E-state index in [1.165, 1.54) is 28.3 Å². The van der Waals surface area contributed by atoms with Crippen molar-refractivity contribution in [1.29, 1.82) is 0 Å². The van der Waals surface area contributed by atoms with Gasteiger partial charge in [-0.2, -0.15) is 4.98 Å². The lowest BCUT2D eigenvalue weighted by Crippen LogP contribution is -2.51. The highest BCUT2D eigenvalue weighted by atomic mass is 32.1. The minimum absolute atomic E-state index is 0.0189. The zero-order valence-electron chi connectivity index (χ0n) is 16.4. The van der Waals surface area contributed by atoms with E-state index >= 15 is 0 Å². The number of hydrogen-bond donors (Lipinski definition) is 2. The molecule has 156 valence electrons. The van der Waals surface area contributed by atoms with Gasteiger partial charge in [-0.3, -0.25) is 4.57 Å². The van der Waals surface area contributed by atoms with Gasteiger partial charge >= 0.3 is 5.69 Å². The number of alkyl halides is 1. The van der Waals surface area contributed by atoms with E-state index in [2.05, 4.69) is 25.5 Å². The highest BCUT2D eigenvalue weighted by molar-refractivity contribution is 7.18. The van der Waals surface area contributed by atoms with Gasteiger partial charge < -0.3 is 15.3 Å². The smallest absolute Gasteiger partial charge is 0.350 e. The molecule has 2 N–H and O–H groups in total. The van der Waals surface area contributed by atoms with E-state index in [9.17, 15) is 14.3 Å². The summed E-state index contributed by atoms with van der Waals surface area (Å²) in [6.45, 7) is 0.818. The average molecular weight is 429 g/mol. The summed E-state index contributed by atoms with van der Waals surface area (Å²) in [5, 5.41) is 23.3. The number of hydrogen-bond acceptors (Lipinski definition) is 9. The molecule has 2 unspecified atom stereocenters. The Morgan fingerprint density at radius 3 is 2.90 bits per heavy atom. The second kappa shape index (κ2) is 7.10. The van der Waals surface area contributed by atoms with Gasteiger partial charge in [0.2, 0.25) is 5.13 Å². The molecule has 1 aliphatic heterocycles.